The summed E-state index contributed by atoms with van der Waals surface area (Å²) in [6.45, 7) is 0. The van der Waals surface area contributed by atoms with Gasteiger partial charge in [-0.3, -0.25) is 4.79 Å². The summed E-state index contributed by atoms with van der Waals surface area (Å²) in [7, 11) is 0. The average molecular weight is 271 g/mol. The highest BCUT2D eigenvalue weighted by Gasteiger charge is 2.12. The molecule has 0 atom stereocenters. The highest BCUT2D eigenvalue weighted by molar-refractivity contribution is 6.28. The Hall–Kier alpha value is -1.82. The van der Waals surface area contributed by atoms with Crippen LogP contribution in [-0.2, 0) is 11.2 Å². The Morgan fingerprint density at radius 3 is 2.78 bits per heavy atom. The Labute approximate surface area is 108 Å². The Bertz CT molecular complexity index is 535. The van der Waals surface area contributed by atoms with Crippen molar-refractivity contribution in [2.75, 3.05) is 0 Å². The number of halogens is 1. The number of carboxylic acids is 1. The molecule has 0 aromatic carbocycles. The third-order valence-electron chi connectivity index (χ3n) is 2.28. The molecule has 18 heavy (non-hydrogen) atoms. The van der Waals surface area contributed by atoms with Crippen LogP contribution in [0.15, 0.2) is 21.0 Å². The van der Waals surface area contributed by atoms with Gasteiger partial charge in [0, 0.05) is 12.8 Å². The monoisotopic (exact) mass is 270 g/mol. The second-order valence-electron chi connectivity index (χ2n) is 3.71. The lowest BCUT2D eigenvalue weighted by Crippen LogP contribution is -1.95. The Balaban J connectivity index is 1.88. The number of aliphatic carboxylic acids is 1. The van der Waals surface area contributed by atoms with Crippen LogP contribution in [-0.4, -0.2) is 21.3 Å². The van der Waals surface area contributed by atoms with Crippen molar-refractivity contribution in [1.82, 2.24) is 10.2 Å². The van der Waals surface area contributed by atoms with E-state index in [-0.39, 0.29) is 17.5 Å². The molecule has 6 nitrogen and oxygen atoms in total. The van der Waals surface area contributed by atoms with E-state index in [4.69, 9.17) is 25.5 Å². The summed E-state index contributed by atoms with van der Waals surface area (Å²) in [4.78, 5) is 10.3. The molecule has 0 aliphatic carbocycles. The normalized spacial score (nSPS) is 10.7. The summed E-state index contributed by atoms with van der Waals surface area (Å²) in [5.41, 5.74) is 0. The number of carboxylic acid groups (broad SMARTS) is 1. The molecule has 0 spiro atoms. The second-order valence-corrected chi connectivity index (χ2v) is 4.08. The fourth-order valence-electron chi connectivity index (χ4n) is 1.44. The van der Waals surface area contributed by atoms with Crippen LogP contribution in [0.4, 0.5) is 0 Å². The molecule has 2 aromatic rings. The molecule has 0 bridgehead atoms. The van der Waals surface area contributed by atoms with Gasteiger partial charge in [-0.15, -0.1) is 10.2 Å². The van der Waals surface area contributed by atoms with Crippen molar-refractivity contribution in [2.24, 2.45) is 0 Å². The summed E-state index contributed by atoms with van der Waals surface area (Å²) in [5.74, 6) is 0.355. The summed E-state index contributed by atoms with van der Waals surface area (Å²) < 4.78 is 10.5. The fraction of sp³-hybridized carbons (Fsp3) is 0.364. The van der Waals surface area contributed by atoms with E-state index in [1.165, 1.54) is 0 Å². The predicted molar refractivity (Wildman–Crippen MR) is 62.2 cm³/mol. The standard InChI is InChI=1S/C11H11ClN2O4/c12-8-6-5-7(17-8)11-14-13-9(18-11)3-1-2-4-10(15)16/h5-6H,1-4H2,(H,15,16). The van der Waals surface area contributed by atoms with Gasteiger partial charge in [-0.2, -0.15) is 0 Å². The van der Waals surface area contributed by atoms with E-state index < -0.39 is 5.97 Å². The number of hydrogen-bond donors (Lipinski definition) is 1. The largest absolute Gasteiger partial charge is 0.481 e. The number of nitrogens with zero attached hydrogens (tertiary/aromatic N) is 2. The summed E-state index contributed by atoms with van der Waals surface area (Å²) >= 11 is 5.64. The third kappa shape index (κ3) is 3.33. The molecule has 2 rings (SSSR count). The minimum absolute atomic E-state index is 0.148. The zero-order valence-corrected chi connectivity index (χ0v) is 10.2. The van der Waals surface area contributed by atoms with Crippen molar-refractivity contribution in [2.45, 2.75) is 25.7 Å². The molecule has 0 saturated heterocycles. The van der Waals surface area contributed by atoms with E-state index in [0.29, 0.717) is 30.9 Å². The zero-order chi connectivity index (χ0) is 13.0. The van der Waals surface area contributed by atoms with E-state index in [0.717, 1.165) is 0 Å². The van der Waals surface area contributed by atoms with Crippen LogP contribution in [0, 0.1) is 0 Å². The van der Waals surface area contributed by atoms with E-state index in [1.807, 2.05) is 0 Å². The molecular weight excluding hydrogens is 260 g/mol. The first kappa shape index (κ1) is 12.6. The molecule has 2 heterocycles. The van der Waals surface area contributed by atoms with Crippen LogP contribution >= 0.6 is 11.6 Å². The van der Waals surface area contributed by atoms with Crippen LogP contribution in [0.2, 0.25) is 5.22 Å². The maximum atomic E-state index is 10.3. The third-order valence-corrected chi connectivity index (χ3v) is 2.49. The van der Waals surface area contributed by atoms with Crippen LogP contribution in [0.5, 0.6) is 0 Å². The summed E-state index contributed by atoms with van der Waals surface area (Å²) in [6.07, 6.45) is 1.97. The van der Waals surface area contributed by atoms with Crippen molar-refractivity contribution in [3.63, 3.8) is 0 Å². The molecule has 0 amide bonds. The topological polar surface area (TPSA) is 89.4 Å². The minimum atomic E-state index is -0.800. The van der Waals surface area contributed by atoms with Crippen molar-refractivity contribution >= 4 is 17.6 Å². The first-order valence-corrected chi connectivity index (χ1v) is 5.83. The number of unbranched alkanes of at least 4 members (excludes halogenated alkanes) is 1. The number of carbonyl (C=O) groups is 1. The van der Waals surface area contributed by atoms with Gasteiger partial charge in [0.2, 0.25) is 5.89 Å². The maximum Gasteiger partial charge on any atom is 0.303 e. The average Bonchev–Trinajstić information content (AvgIpc) is 2.93. The lowest BCUT2D eigenvalue weighted by Gasteiger charge is -1.93. The van der Waals surface area contributed by atoms with Crippen molar-refractivity contribution in [1.29, 1.82) is 0 Å². The van der Waals surface area contributed by atoms with Crippen molar-refractivity contribution < 1.29 is 18.7 Å². The van der Waals surface area contributed by atoms with Crippen LogP contribution in [0.3, 0.4) is 0 Å². The van der Waals surface area contributed by atoms with Gasteiger partial charge in [-0.1, -0.05) is 0 Å². The molecule has 0 aliphatic rings. The van der Waals surface area contributed by atoms with E-state index in [9.17, 15) is 4.79 Å². The summed E-state index contributed by atoms with van der Waals surface area (Å²) in [5, 5.41) is 16.4. The smallest absolute Gasteiger partial charge is 0.303 e. The SMILES string of the molecule is O=C(O)CCCCc1nnc(-c2ccc(Cl)o2)o1. The van der Waals surface area contributed by atoms with Crippen LogP contribution in [0.25, 0.3) is 11.7 Å². The lowest BCUT2D eigenvalue weighted by molar-refractivity contribution is -0.137. The minimum Gasteiger partial charge on any atom is -0.481 e. The van der Waals surface area contributed by atoms with Crippen molar-refractivity contribution in [3.8, 4) is 11.7 Å². The first-order valence-electron chi connectivity index (χ1n) is 5.45. The Kier molecular flexibility index (Phi) is 3.99. The molecule has 7 heteroatoms. The van der Waals surface area contributed by atoms with Crippen molar-refractivity contribution in [3.05, 3.63) is 23.2 Å². The van der Waals surface area contributed by atoms with Gasteiger partial charge >= 0.3 is 5.97 Å². The number of hydrogen-bond acceptors (Lipinski definition) is 5. The van der Waals surface area contributed by atoms with Gasteiger partial charge in [0.15, 0.2) is 11.0 Å². The van der Waals surface area contributed by atoms with Gasteiger partial charge in [0.05, 0.1) is 0 Å². The van der Waals surface area contributed by atoms with Gasteiger partial charge < -0.3 is 13.9 Å². The number of aryl methyl sites for hydroxylation is 1. The Morgan fingerprint density at radius 1 is 1.28 bits per heavy atom. The molecule has 0 saturated carbocycles. The highest BCUT2D eigenvalue weighted by Crippen LogP contribution is 2.23. The van der Waals surface area contributed by atoms with Crippen LogP contribution < -0.4 is 0 Å². The van der Waals surface area contributed by atoms with Crippen LogP contribution in [0.1, 0.15) is 25.2 Å². The molecule has 2 aromatic heterocycles. The maximum absolute atomic E-state index is 10.3. The number of rotatable bonds is 6. The predicted octanol–water partition coefficient (Wildman–Crippen LogP) is 2.78. The lowest BCUT2D eigenvalue weighted by atomic mass is 10.2. The van der Waals surface area contributed by atoms with E-state index >= 15 is 0 Å². The van der Waals surface area contributed by atoms with Gasteiger partial charge in [-0.25, -0.2) is 0 Å². The number of aromatic nitrogens is 2. The first-order chi connectivity index (χ1) is 8.65. The zero-order valence-electron chi connectivity index (χ0n) is 9.43. The summed E-state index contributed by atoms with van der Waals surface area (Å²) in [6, 6.07) is 3.23. The molecule has 0 unspecified atom stereocenters. The second kappa shape index (κ2) is 5.68. The fourth-order valence-corrected chi connectivity index (χ4v) is 1.58. The molecule has 0 aliphatic heterocycles. The Morgan fingerprint density at radius 2 is 2.11 bits per heavy atom. The number of furan rings is 1. The van der Waals surface area contributed by atoms with E-state index in [2.05, 4.69) is 10.2 Å². The molecular formula is C11H11ClN2O4. The van der Waals surface area contributed by atoms with Gasteiger partial charge in [0.25, 0.3) is 5.89 Å². The molecule has 0 radical (unpaired) electrons. The molecule has 1 N–H and O–H groups in total. The molecule has 0 fully saturated rings. The van der Waals surface area contributed by atoms with Gasteiger partial charge in [-0.05, 0) is 36.6 Å². The highest BCUT2D eigenvalue weighted by atomic mass is 35.5. The molecule has 96 valence electrons. The quantitative estimate of drug-likeness (QED) is 0.812. The van der Waals surface area contributed by atoms with E-state index in [1.54, 1.807) is 12.1 Å². The van der Waals surface area contributed by atoms with Gasteiger partial charge in [0.1, 0.15) is 0 Å².